The summed E-state index contributed by atoms with van der Waals surface area (Å²) >= 11 is 12.5. The second kappa shape index (κ2) is 12.4. The predicted octanol–water partition coefficient (Wildman–Crippen LogP) is 6.03. The normalized spacial score (nSPS) is 19.6. The van der Waals surface area contributed by atoms with Gasteiger partial charge in [-0.3, -0.25) is 9.59 Å². The first-order chi connectivity index (χ1) is 21.0. The van der Waals surface area contributed by atoms with Crippen LogP contribution in [0.25, 0.3) is 11.6 Å². The Morgan fingerprint density at radius 2 is 1.75 bits per heavy atom. The summed E-state index contributed by atoms with van der Waals surface area (Å²) in [4.78, 5) is 34.5. The first kappa shape index (κ1) is 30.9. The van der Waals surface area contributed by atoms with Gasteiger partial charge in [-0.2, -0.15) is 0 Å². The van der Waals surface area contributed by atoms with Crippen molar-refractivity contribution < 1.29 is 18.0 Å². The third kappa shape index (κ3) is 6.07. The lowest BCUT2D eigenvalue weighted by atomic mass is 10.0. The number of carbonyl (C=O) groups excluding carboxylic acids is 2. The maximum atomic E-state index is 13.5. The van der Waals surface area contributed by atoms with Gasteiger partial charge < -0.3 is 20.1 Å². The number of aromatic amines is 1. The molecule has 2 saturated heterocycles. The Kier molecular flexibility index (Phi) is 8.67. The number of hydrogen-bond donors (Lipinski definition) is 2. The molecule has 232 valence electrons. The molecule has 0 unspecified atom stereocenters. The minimum Gasteiger partial charge on any atom is -0.359 e. The van der Waals surface area contributed by atoms with Gasteiger partial charge in [-0.1, -0.05) is 29.3 Å². The molecule has 6 rings (SSSR count). The van der Waals surface area contributed by atoms with E-state index in [0.29, 0.717) is 28.8 Å². The Labute approximate surface area is 268 Å². The number of likely N-dealkylation sites (tertiary alicyclic amines) is 2. The fraction of sp³-hybridized carbons (Fsp3) is 0.394. The lowest BCUT2D eigenvalue weighted by Crippen LogP contribution is -2.43. The van der Waals surface area contributed by atoms with Gasteiger partial charge in [-0.15, -0.1) is 0 Å². The molecule has 2 N–H and O–H groups in total. The van der Waals surface area contributed by atoms with E-state index in [2.05, 4.69) is 20.1 Å². The van der Waals surface area contributed by atoms with Crippen molar-refractivity contribution in [1.29, 1.82) is 0 Å². The number of rotatable bonds is 8. The highest BCUT2D eigenvalue weighted by molar-refractivity contribution is 7.90. The van der Waals surface area contributed by atoms with Crippen LogP contribution in [-0.2, 0) is 31.6 Å². The third-order valence-corrected chi connectivity index (χ3v) is 11.5. The molecule has 3 aliphatic heterocycles. The molecular weight excluding hydrogens is 619 g/mol. The van der Waals surface area contributed by atoms with Gasteiger partial charge in [0.15, 0.2) is 9.84 Å². The molecule has 3 aromatic rings. The van der Waals surface area contributed by atoms with Crippen molar-refractivity contribution in [1.82, 2.24) is 14.8 Å². The number of anilines is 1. The highest BCUT2D eigenvalue weighted by Gasteiger charge is 2.32. The molecule has 1 atom stereocenters. The molecule has 0 spiro atoms. The number of halogens is 2. The number of aryl methyl sites for hydroxylation is 1. The number of amides is 2. The van der Waals surface area contributed by atoms with Gasteiger partial charge in [-0.05, 0) is 100 Å². The van der Waals surface area contributed by atoms with Crippen molar-refractivity contribution in [3.63, 3.8) is 0 Å². The van der Waals surface area contributed by atoms with E-state index < -0.39 is 9.84 Å². The summed E-state index contributed by atoms with van der Waals surface area (Å²) in [5.41, 5.74) is 5.13. The van der Waals surface area contributed by atoms with E-state index >= 15 is 0 Å². The Bertz CT molecular complexity index is 1760. The average Bonchev–Trinajstić information content (AvgIpc) is 3.77. The minimum absolute atomic E-state index is 0.0643. The maximum absolute atomic E-state index is 13.5. The van der Waals surface area contributed by atoms with Crippen molar-refractivity contribution in [3.8, 4) is 0 Å². The summed E-state index contributed by atoms with van der Waals surface area (Å²) in [7, 11) is -3.83. The van der Waals surface area contributed by atoms with Gasteiger partial charge >= 0.3 is 0 Å². The number of aromatic nitrogens is 1. The standard InChI is InChI=1S/C33H36Cl2N4O4S/c1-20-24(17-32(40)39-14-6-7-22(39)18-38-12-3-4-13-38)21(2)36-31(20)16-26-25-15-23(10-11-30(25)37-33(26)41)44(42,43)19-27-28(34)8-5-9-29(27)35/h5,8-11,15-16,22,36H,3-4,6-7,12-14,17-19H2,1-2H3,(H,37,41)/b26-16-/t22-/m0/s1. The molecule has 0 radical (unpaired) electrons. The molecule has 1 aromatic heterocycles. The second-order valence-electron chi connectivity index (χ2n) is 12.0. The van der Waals surface area contributed by atoms with Crippen molar-refractivity contribution in [3.05, 3.63) is 80.1 Å². The SMILES string of the molecule is Cc1[nH]c(/C=C2\C(=O)Nc3ccc(S(=O)(=O)Cc4c(Cl)cccc4Cl)cc32)c(C)c1CC(=O)N1CCC[C@H]1CN1CCCC1. The Morgan fingerprint density at radius 3 is 2.48 bits per heavy atom. The molecule has 8 nitrogen and oxygen atoms in total. The summed E-state index contributed by atoms with van der Waals surface area (Å²) < 4.78 is 26.8. The van der Waals surface area contributed by atoms with E-state index in [9.17, 15) is 18.0 Å². The third-order valence-electron chi connectivity index (χ3n) is 9.14. The smallest absolute Gasteiger partial charge is 0.256 e. The van der Waals surface area contributed by atoms with Gasteiger partial charge in [0.25, 0.3) is 5.91 Å². The second-order valence-corrected chi connectivity index (χ2v) is 14.8. The van der Waals surface area contributed by atoms with E-state index in [1.807, 2.05) is 13.8 Å². The molecule has 0 bridgehead atoms. The van der Waals surface area contributed by atoms with E-state index in [1.54, 1.807) is 30.3 Å². The quantitative estimate of drug-likeness (QED) is 0.289. The fourth-order valence-corrected chi connectivity index (χ4v) is 8.81. The number of nitrogens with zero attached hydrogens (tertiary/aromatic N) is 2. The highest BCUT2D eigenvalue weighted by Crippen LogP contribution is 2.37. The molecule has 2 fully saturated rings. The molecule has 0 saturated carbocycles. The van der Waals surface area contributed by atoms with Crippen molar-refractivity contribution in [2.75, 3.05) is 31.5 Å². The molecule has 2 amide bonds. The summed E-state index contributed by atoms with van der Waals surface area (Å²) in [6, 6.07) is 9.72. The Hall–Kier alpha value is -3.11. The molecule has 4 heterocycles. The predicted molar refractivity (Wildman–Crippen MR) is 175 cm³/mol. The number of carbonyl (C=O) groups is 2. The van der Waals surface area contributed by atoms with Gasteiger partial charge in [0.1, 0.15) is 0 Å². The van der Waals surface area contributed by atoms with Crippen molar-refractivity contribution in [2.45, 2.75) is 62.6 Å². The van der Waals surface area contributed by atoms with E-state index in [-0.39, 0.29) is 38.5 Å². The van der Waals surface area contributed by atoms with E-state index in [0.717, 1.165) is 61.5 Å². The van der Waals surface area contributed by atoms with Crippen LogP contribution in [0.2, 0.25) is 10.0 Å². The zero-order valence-electron chi connectivity index (χ0n) is 24.9. The van der Waals surface area contributed by atoms with Crippen LogP contribution in [0.5, 0.6) is 0 Å². The topological polar surface area (TPSA) is 103 Å². The van der Waals surface area contributed by atoms with Gasteiger partial charge in [0, 0.05) is 57.4 Å². The lowest BCUT2D eigenvalue weighted by Gasteiger charge is -2.28. The van der Waals surface area contributed by atoms with Gasteiger partial charge in [0.2, 0.25) is 5.91 Å². The van der Waals surface area contributed by atoms with Crippen LogP contribution < -0.4 is 5.32 Å². The maximum Gasteiger partial charge on any atom is 0.256 e. The molecule has 2 aromatic carbocycles. The largest absolute Gasteiger partial charge is 0.359 e. The monoisotopic (exact) mass is 654 g/mol. The summed E-state index contributed by atoms with van der Waals surface area (Å²) in [5.74, 6) is -0.559. The molecule has 44 heavy (non-hydrogen) atoms. The molecular formula is C33H36Cl2N4O4S. The van der Waals surface area contributed by atoms with Crippen LogP contribution >= 0.6 is 23.2 Å². The van der Waals surface area contributed by atoms with Crippen LogP contribution in [0, 0.1) is 13.8 Å². The van der Waals surface area contributed by atoms with Gasteiger partial charge in [0.05, 0.1) is 22.6 Å². The summed E-state index contributed by atoms with van der Waals surface area (Å²) in [5, 5.41) is 3.39. The summed E-state index contributed by atoms with van der Waals surface area (Å²) in [6.45, 7) is 7.87. The number of benzene rings is 2. The molecule has 11 heteroatoms. The lowest BCUT2D eigenvalue weighted by molar-refractivity contribution is -0.131. The first-order valence-corrected chi connectivity index (χ1v) is 17.5. The highest BCUT2D eigenvalue weighted by atomic mass is 35.5. The van der Waals surface area contributed by atoms with Crippen LogP contribution in [0.15, 0.2) is 41.3 Å². The first-order valence-electron chi connectivity index (χ1n) is 15.0. The number of sulfone groups is 1. The van der Waals surface area contributed by atoms with E-state index in [4.69, 9.17) is 23.2 Å². The van der Waals surface area contributed by atoms with Crippen molar-refractivity contribution in [2.24, 2.45) is 0 Å². The molecule has 0 aliphatic carbocycles. The number of fused-ring (bicyclic) bond motifs is 1. The summed E-state index contributed by atoms with van der Waals surface area (Å²) in [6.07, 6.45) is 6.58. The van der Waals surface area contributed by atoms with Crippen LogP contribution in [-0.4, -0.2) is 67.2 Å². The number of hydrogen-bond acceptors (Lipinski definition) is 5. The van der Waals surface area contributed by atoms with Gasteiger partial charge in [-0.25, -0.2) is 8.42 Å². The Morgan fingerprint density at radius 1 is 1.02 bits per heavy atom. The van der Waals surface area contributed by atoms with Crippen LogP contribution in [0.4, 0.5) is 5.69 Å². The number of nitrogens with one attached hydrogen (secondary N) is 2. The zero-order valence-corrected chi connectivity index (χ0v) is 27.2. The number of H-pyrrole nitrogens is 1. The van der Waals surface area contributed by atoms with Crippen LogP contribution in [0.3, 0.4) is 0 Å². The van der Waals surface area contributed by atoms with E-state index in [1.165, 1.54) is 25.0 Å². The fourth-order valence-electron chi connectivity index (χ4n) is 6.69. The zero-order chi connectivity index (χ0) is 31.2. The molecule has 3 aliphatic rings. The van der Waals surface area contributed by atoms with Crippen LogP contribution in [0.1, 0.15) is 59.3 Å². The Balaban J connectivity index is 1.24. The van der Waals surface area contributed by atoms with Crippen molar-refractivity contribution >= 4 is 62.2 Å². The average molecular weight is 656 g/mol. The minimum atomic E-state index is -3.83.